The molecule has 1 atom stereocenters. The zero-order valence-electron chi connectivity index (χ0n) is 9.56. The molecule has 2 heterocycles. The van der Waals surface area contributed by atoms with Crippen molar-refractivity contribution in [3.8, 4) is 0 Å². The maximum Gasteiger partial charge on any atom is 0.242 e. The maximum absolute atomic E-state index is 11.6. The van der Waals surface area contributed by atoms with E-state index < -0.39 is 0 Å². The lowest BCUT2D eigenvalue weighted by atomic mass is 10.2. The van der Waals surface area contributed by atoms with Crippen LogP contribution in [-0.4, -0.2) is 34.2 Å². The molecule has 0 saturated carbocycles. The highest BCUT2D eigenvalue weighted by Crippen LogP contribution is 2.05. The molecular weight excluding hydrogens is 220 g/mol. The molecule has 0 bridgehead atoms. The van der Waals surface area contributed by atoms with Gasteiger partial charge in [0.2, 0.25) is 11.8 Å². The van der Waals surface area contributed by atoms with E-state index in [1.54, 1.807) is 6.20 Å². The van der Waals surface area contributed by atoms with E-state index in [0.29, 0.717) is 19.4 Å². The summed E-state index contributed by atoms with van der Waals surface area (Å²) < 4.78 is 1.82. The number of carbonyl (C=O) groups is 2. The quantitative estimate of drug-likeness (QED) is 0.687. The van der Waals surface area contributed by atoms with Gasteiger partial charge in [-0.25, -0.2) is 0 Å². The molecule has 1 aliphatic heterocycles. The van der Waals surface area contributed by atoms with Crippen LogP contribution in [0.2, 0.25) is 0 Å². The molecule has 2 N–H and O–H groups in total. The van der Waals surface area contributed by atoms with E-state index >= 15 is 0 Å². The first-order valence-corrected chi connectivity index (χ1v) is 5.80. The average Bonchev–Trinajstić information content (AvgIpc) is 2.95. The average molecular weight is 236 g/mol. The first kappa shape index (κ1) is 11.6. The smallest absolute Gasteiger partial charge is 0.242 e. The summed E-state index contributed by atoms with van der Waals surface area (Å²) in [5.41, 5.74) is 0. The minimum atomic E-state index is -0.341. The van der Waals surface area contributed by atoms with E-state index in [-0.39, 0.29) is 17.9 Å². The second-order valence-corrected chi connectivity index (χ2v) is 4.07. The fourth-order valence-corrected chi connectivity index (χ4v) is 1.82. The van der Waals surface area contributed by atoms with Crippen LogP contribution in [0.4, 0.5) is 0 Å². The van der Waals surface area contributed by atoms with Gasteiger partial charge in [-0.15, -0.1) is 0 Å². The largest absolute Gasteiger partial charge is 0.354 e. The number of hydrogen-bond acceptors (Lipinski definition) is 3. The Bertz CT molecular complexity index is 388. The van der Waals surface area contributed by atoms with Crippen molar-refractivity contribution in [2.75, 3.05) is 6.54 Å². The van der Waals surface area contributed by atoms with Gasteiger partial charge in [0.1, 0.15) is 6.04 Å². The number of aryl methyl sites for hydroxylation is 1. The molecule has 92 valence electrons. The number of hydrogen-bond donors (Lipinski definition) is 2. The third-order valence-electron chi connectivity index (χ3n) is 2.73. The van der Waals surface area contributed by atoms with Crippen LogP contribution < -0.4 is 10.6 Å². The van der Waals surface area contributed by atoms with Gasteiger partial charge < -0.3 is 10.6 Å². The number of carbonyl (C=O) groups excluding carboxylic acids is 2. The molecule has 1 aromatic heterocycles. The first-order valence-electron chi connectivity index (χ1n) is 5.80. The van der Waals surface area contributed by atoms with E-state index in [9.17, 15) is 9.59 Å². The fraction of sp³-hybridized carbons (Fsp3) is 0.545. The summed E-state index contributed by atoms with van der Waals surface area (Å²) in [5, 5.41) is 9.52. The molecule has 1 aromatic rings. The Kier molecular flexibility index (Phi) is 3.74. The highest BCUT2D eigenvalue weighted by atomic mass is 16.2. The third-order valence-corrected chi connectivity index (χ3v) is 2.73. The van der Waals surface area contributed by atoms with Gasteiger partial charge in [-0.1, -0.05) is 0 Å². The summed E-state index contributed by atoms with van der Waals surface area (Å²) in [7, 11) is 0. The molecule has 0 aromatic carbocycles. The van der Waals surface area contributed by atoms with E-state index in [2.05, 4.69) is 15.7 Å². The molecule has 0 spiro atoms. The Morgan fingerprint density at radius 2 is 2.53 bits per heavy atom. The number of amides is 2. The molecule has 1 saturated heterocycles. The van der Waals surface area contributed by atoms with Crippen molar-refractivity contribution < 1.29 is 9.59 Å². The molecule has 1 unspecified atom stereocenters. The summed E-state index contributed by atoms with van der Waals surface area (Å²) in [5.74, 6) is -0.127. The lowest BCUT2D eigenvalue weighted by molar-refractivity contribution is -0.125. The molecule has 6 nitrogen and oxygen atoms in total. The second-order valence-electron chi connectivity index (χ2n) is 4.07. The van der Waals surface area contributed by atoms with Crippen LogP contribution >= 0.6 is 0 Å². The summed E-state index contributed by atoms with van der Waals surface area (Å²) in [4.78, 5) is 22.5. The van der Waals surface area contributed by atoms with Gasteiger partial charge in [0.05, 0.1) is 0 Å². The van der Waals surface area contributed by atoms with Crippen molar-refractivity contribution in [1.29, 1.82) is 0 Å². The Balaban J connectivity index is 1.62. The summed E-state index contributed by atoms with van der Waals surface area (Å²) in [6, 6.07) is 1.53. The Labute approximate surface area is 99.4 Å². The van der Waals surface area contributed by atoms with Crippen LogP contribution in [0.5, 0.6) is 0 Å². The lowest BCUT2D eigenvalue weighted by Crippen LogP contribution is -2.42. The second kappa shape index (κ2) is 5.47. The molecule has 2 amide bonds. The van der Waals surface area contributed by atoms with E-state index in [1.807, 2.05) is 16.9 Å². The van der Waals surface area contributed by atoms with E-state index in [4.69, 9.17) is 0 Å². The molecule has 0 aliphatic carbocycles. The van der Waals surface area contributed by atoms with Crippen LogP contribution in [0.25, 0.3) is 0 Å². The monoisotopic (exact) mass is 236 g/mol. The zero-order chi connectivity index (χ0) is 12.1. The van der Waals surface area contributed by atoms with Crippen molar-refractivity contribution >= 4 is 11.8 Å². The van der Waals surface area contributed by atoms with Gasteiger partial charge in [-0.05, 0) is 18.9 Å². The van der Waals surface area contributed by atoms with Gasteiger partial charge in [-0.3, -0.25) is 14.3 Å². The predicted octanol–water partition coefficient (Wildman–Crippen LogP) is -0.332. The SMILES string of the molecule is O=C1CCC(C(=O)NCCCn2cccn2)N1. The molecule has 2 rings (SSSR count). The molecule has 0 radical (unpaired) electrons. The minimum absolute atomic E-state index is 0.0401. The minimum Gasteiger partial charge on any atom is -0.354 e. The first-order chi connectivity index (χ1) is 8.25. The van der Waals surface area contributed by atoms with E-state index in [0.717, 1.165) is 13.0 Å². The topological polar surface area (TPSA) is 76.0 Å². The number of rotatable bonds is 5. The van der Waals surface area contributed by atoms with Crippen LogP contribution in [-0.2, 0) is 16.1 Å². The van der Waals surface area contributed by atoms with Gasteiger partial charge >= 0.3 is 0 Å². The van der Waals surface area contributed by atoms with Gasteiger partial charge in [0.25, 0.3) is 0 Å². The molecular formula is C11H16N4O2. The number of nitrogens with zero attached hydrogens (tertiary/aromatic N) is 2. The summed E-state index contributed by atoms with van der Waals surface area (Å²) in [6.07, 6.45) is 5.49. The summed E-state index contributed by atoms with van der Waals surface area (Å²) >= 11 is 0. The third kappa shape index (κ3) is 3.30. The van der Waals surface area contributed by atoms with Crippen molar-refractivity contribution in [2.24, 2.45) is 0 Å². The highest BCUT2D eigenvalue weighted by molar-refractivity contribution is 5.90. The number of nitrogens with one attached hydrogen (secondary N) is 2. The zero-order valence-corrected chi connectivity index (χ0v) is 9.56. The normalized spacial score (nSPS) is 19.1. The fourth-order valence-electron chi connectivity index (χ4n) is 1.82. The Hall–Kier alpha value is -1.85. The van der Waals surface area contributed by atoms with Gasteiger partial charge in [-0.2, -0.15) is 5.10 Å². The van der Waals surface area contributed by atoms with Crippen molar-refractivity contribution in [3.63, 3.8) is 0 Å². The van der Waals surface area contributed by atoms with E-state index in [1.165, 1.54) is 0 Å². The van der Waals surface area contributed by atoms with Crippen molar-refractivity contribution in [3.05, 3.63) is 18.5 Å². The van der Waals surface area contributed by atoms with Crippen molar-refractivity contribution in [2.45, 2.75) is 31.8 Å². The Morgan fingerprint density at radius 1 is 1.65 bits per heavy atom. The summed E-state index contributed by atoms with van der Waals surface area (Å²) in [6.45, 7) is 1.38. The molecule has 1 fully saturated rings. The maximum atomic E-state index is 11.6. The van der Waals surface area contributed by atoms with Crippen LogP contribution in [0.3, 0.4) is 0 Å². The predicted molar refractivity (Wildman–Crippen MR) is 61.0 cm³/mol. The number of aromatic nitrogens is 2. The van der Waals surface area contributed by atoms with Crippen LogP contribution in [0, 0.1) is 0 Å². The molecule has 17 heavy (non-hydrogen) atoms. The lowest BCUT2D eigenvalue weighted by Gasteiger charge is -2.10. The molecule has 6 heteroatoms. The van der Waals surface area contributed by atoms with Gasteiger partial charge in [0, 0.05) is 31.9 Å². The molecule has 1 aliphatic rings. The van der Waals surface area contributed by atoms with Crippen LogP contribution in [0.1, 0.15) is 19.3 Å². The van der Waals surface area contributed by atoms with Crippen LogP contribution in [0.15, 0.2) is 18.5 Å². The van der Waals surface area contributed by atoms with Gasteiger partial charge in [0.15, 0.2) is 0 Å². The highest BCUT2D eigenvalue weighted by Gasteiger charge is 2.26. The standard InChI is InChI=1S/C11H16N4O2/c16-10-4-3-9(14-10)11(17)12-5-1-7-15-8-2-6-13-15/h2,6,8-9H,1,3-5,7H2,(H,12,17)(H,14,16). The Morgan fingerprint density at radius 3 is 3.18 bits per heavy atom. The van der Waals surface area contributed by atoms with Crippen molar-refractivity contribution in [1.82, 2.24) is 20.4 Å².